The largest absolute Gasteiger partial charge is 0.492 e. The van der Waals surface area contributed by atoms with Crippen LogP contribution in [0.25, 0.3) is 11.4 Å². The minimum absolute atomic E-state index is 0.00376. The zero-order valence-electron chi connectivity index (χ0n) is 14.2. The summed E-state index contributed by atoms with van der Waals surface area (Å²) in [6.45, 7) is 2.03. The molecule has 1 aromatic heterocycles. The number of carbonyl (C=O) groups is 1. The first-order valence-corrected chi connectivity index (χ1v) is 8.95. The van der Waals surface area contributed by atoms with E-state index in [9.17, 15) is 4.79 Å². The van der Waals surface area contributed by atoms with Gasteiger partial charge in [0.05, 0.1) is 12.2 Å². The van der Waals surface area contributed by atoms with Gasteiger partial charge in [-0.1, -0.05) is 54.2 Å². The topological polar surface area (TPSA) is 57.0 Å². The van der Waals surface area contributed by atoms with Crippen molar-refractivity contribution in [2.75, 3.05) is 12.4 Å². The lowest BCUT2D eigenvalue weighted by Gasteiger charge is -2.09. The number of benzene rings is 2. The summed E-state index contributed by atoms with van der Waals surface area (Å²) in [5.41, 5.74) is 1.65. The van der Waals surface area contributed by atoms with E-state index in [-0.39, 0.29) is 5.78 Å². The number of thioether (sulfide) groups is 1. The summed E-state index contributed by atoms with van der Waals surface area (Å²) in [6.07, 6.45) is 0. The van der Waals surface area contributed by atoms with Gasteiger partial charge in [0.1, 0.15) is 5.75 Å². The third-order valence-corrected chi connectivity index (χ3v) is 4.69. The molecule has 0 bridgehead atoms. The molecule has 3 rings (SSSR count). The standard InChI is InChI=1S/C19H19N3O2S/c1-14(23)16-10-6-7-11-17(16)24-12-13-25-19-21-20-18(22(19)2)15-8-4-3-5-9-15/h3-11H,12-13H2,1-2H3. The Bertz CT molecular complexity index is 862. The first kappa shape index (κ1) is 17.2. The van der Waals surface area contributed by atoms with E-state index in [4.69, 9.17) is 4.74 Å². The molecule has 0 spiro atoms. The molecule has 2 aromatic carbocycles. The second-order valence-corrected chi connectivity index (χ2v) is 6.54. The molecule has 1 heterocycles. The van der Waals surface area contributed by atoms with Crippen LogP contribution in [0.4, 0.5) is 0 Å². The molecule has 0 aliphatic rings. The molecule has 0 N–H and O–H groups in total. The summed E-state index contributed by atoms with van der Waals surface area (Å²) in [5, 5.41) is 9.35. The molecule has 0 saturated carbocycles. The molecular formula is C19H19N3O2S. The zero-order chi connectivity index (χ0) is 17.6. The Morgan fingerprint density at radius 3 is 2.56 bits per heavy atom. The van der Waals surface area contributed by atoms with Crippen molar-refractivity contribution in [2.45, 2.75) is 12.1 Å². The highest BCUT2D eigenvalue weighted by Crippen LogP contribution is 2.23. The minimum atomic E-state index is 0.00376. The molecule has 6 heteroatoms. The van der Waals surface area contributed by atoms with Gasteiger partial charge in [-0.25, -0.2) is 0 Å². The smallest absolute Gasteiger partial charge is 0.191 e. The van der Waals surface area contributed by atoms with Crippen LogP contribution >= 0.6 is 11.8 Å². The fourth-order valence-corrected chi connectivity index (χ4v) is 3.18. The lowest BCUT2D eigenvalue weighted by atomic mass is 10.1. The van der Waals surface area contributed by atoms with Crippen LogP contribution in [0, 0.1) is 0 Å². The van der Waals surface area contributed by atoms with Gasteiger partial charge in [0.15, 0.2) is 16.8 Å². The number of hydrogen-bond acceptors (Lipinski definition) is 5. The summed E-state index contributed by atoms with van der Waals surface area (Å²) >= 11 is 1.58. The Hall–Kier alpha value is -2.60. The number of ketones is 1. The Balaban J connectivity index is 1.59. The van der Waals surface area contributed by atoms with Crippen LogP contribution in [-0.4, -0.2) is 32.9 Å². The van der Waals surface area contributed by atoms with Crippen LogP contribution in [-0.2, 0) is 7.05 Å². The molecular weight excluding hydrogens is 334 g/mol. The lowest BCUT2D eigenvalue weighted by Crippen LogP contribution is -2.05. The Morgan fingerprint density at radius 2 is 1.80 bits per heavy atom. The molecule has 0 saturated heterocycles. The monoisotopic (exact) mass is 353 g/mol. The molecule has 0 atom stereocenters. The molecule has 0 aliphatic heterocycles. The fraction of sp³-hybridized carbons (Fsp3) is 0.211. The van der Waals surface area contributed by atoms with Crippen molar-refractivity contribution in [2.24, 2.45) is 7.05 Å². The van der Waals surface area contributed by atoms with Crippen LogP contribution in [0.2, 0.25) is 0 Å². The molecule has 3 aromatic rings. The zero-order valence-corrected chi connectivity index (χ0v) is 15.0. The Kier molecular flexibility index (Phi) is 5.50. The quantitative estimate of drug-likeness (QED) is 0.367. The molecule has 0 fully saturated rings. The number of aromatic nitrogens is 3. The summed E-state index contributed by atoms with van der Waals surface area (Å²) in [5.74, 6) is 2.18. The summed E-state index contributed by atoms with van der Waals surface area (Å²) in [4.78, 5) is 11.6. The van der Waals surface area contributed by atoms with Crippen LogP contribution in [0.3, 0.4) is 0 Å². The van der Waals surface area contributed by atoms with E-state index in [1.165, 1.54) is 0 Å². The molecule has 0 unspecified atom stereocenters. The third-order valence-electron chi connectivity index (χ3n) is 3.71. The maximum absolute atomic E-state index is 11.6. The normalized spacial score (nSPS) is 10.6. The average molecular weight is 353 g/mol. The summed E-state index contributed by atoms with van der Waals surface area (Å²) in [7, 11) is 1.95. The molecule has 0 aliphatic carbocycles. The third kappa shape index (κ3) is 4.09. The van der Waals surface area contributed by atoms with E-state index < -0.39 is 0 Å². The molecule has 0 radical (unpaired) electrons. The van der Waals surface area contributed by atoms with E-state index in [0.717, 1.165) is 16.5 Å². The van der Waals surface area contributed by atoms with E-state index in [1.54, 1.807) is 24.8 Å². The van der Waals surface area contributed by atoms with Gasteiger partial charge in [-0.3, -0.25) is 4.79 Å². The highest BCUT2D eigenvalue weighted by Gasteiger charge is 2.11. The second kappa shape index (κ2) is 7.98. The van der Waals surface area contributed by atoms with Gasteiger partial charge in [-0.15, -0.1) is 10.2 Å². The van der Waals surface area contributed by atoms with Crippen molar-refractivity contribution in [3.63, 3.8) is 0 Å². The van der Waals surface area contributed by atoms with Crippen LogP contribution in [0.1, 0.15) is 17.3 Å². The van der Waals surface area contributed by atoms with Crippen molar-refractivity contribution in [3.8, 4) is 17.1 Å². The number of carbonyl (C=O) groups excluding carboxylic acids is 1. The van der Waals surface area contributed by atoms with Crippen LogP contribution < -0.4 is 4.74 Å². The average Bonchev–Trinajstić information content (AvgIpc) is 3.00. The lowest BCUT2D eigenvalue weighted by molar-refractivity contribution is 0.101. The highest BCUT2D eigenvalue weighted by atomic mass is 32.2. The number of rotatable bonds is 7. The maximum atomic E-state index is 11.6. The first-order chi connectivity index (χ1) is 12.2. The fourth-order valence-electron chi connectivity index (χ4n) is 2.45. The summed E-state index contributed by atoms with van der Waals surface area (Å²) in [6, 6.07) is 17.3. The second-order valence-electron chi connectivity index (χ2n) is 5.48. The molecule has 0 amide bonds. The summed E-state index contributed by atoms with van der Waals surface area (Å²) < 4.78 is 7.73. The van der Waals surface area contributed by atoms with E-state index in [2.05, 4.69) is 10.2 Å². The van der Waals surface area contributed by atoms with Gasteiger partial charge < -0.3 is 9.30 Å². The number of Topliss-reactive ketones (excluding diaryl/α,β-unsaturated/α-hetero) is 1. The van der Waals surface area contributed by atoms with Crippen LogP contribution in [0.15, 0.2) is 59.8 Å². The molecule has 128 valence electrons. The van der Waals surface area contributed by atoms with Gasteiger partial charge in [0.25, 0.3) is 0 Å². The van der Waals surface area contributed by atoms with E-state index in [0.29, 0.717) is 23.7 Å². The first-order valence-electron chi connectivity index (χ1n) is 7.97. The van der Waals surface area contributed by atoms with Gasteiger partial charge in [-0.05, 0) is 19.1 Å². The van der Waals surface area contributed by atoms with E-state index in [1.807, 2.05) is 60.1 Å². The maximum Gasteiger partial charge on any atom is 0.191 e. The highest BCUT2D eigenvalue weighted by molar-refractivity contribution is 7.99. The van der Waals surface area contributed by atoms with Crippen LogP contribution in [0.5, 0.6) is 5.75 Å². The predicted octanol–water partition coefficient (Wildman–Crippen LogP) is 3.86. The van der Waals surface area contributed by atoms with Gasteiger partial charge in [0, 0.05) is 18.4 Å². The van der Waals surface area contributed by atoms with Crippen molar-refractivity contribution < 1.29 is 9.53 Å². The SMILES string of the molecule is CC(=O)c1ccccc1OCCSc1nnc(-c2ccccc2)n1C. The van der Waals surface area contributed by atoms with Gasteiger partial charge in [0.2, 0.25) is 0 Å². The molecule has 25 heavy (non-hydrogen) atoms. The van der Waals surface area contributed by atoms with Gasteiger partial charge in [-0.2, -0.15) is 0 Å². The van der Waals surface area contributed by atoms with Crippen molar-refractivity contribution in [3.05, 3.63) is 60.2 Å². The minimum Gasteiger partial charge on any atom is -0.492 e. The number of nitrogens with zero attached hydrogens (tertiary/aromatic N) is 3. The molecule has 5 nitrogen and oxygen atoms in total. The Labute approximate surface area is 151 Å². The number of hydrogen-bond donors (Lipinski definition) is 0. The number of ether oxygens (including phenoxy) is 1. The Morgan fingerprint density at radius 1 is 1.08 bits per heavy atom. The van der Waals surface area contributed by atoms with Crippen molar-refractivity contribution >= 4 is 17.5 Å². The predicted molar refractivity (Wildman–Crippen MR) is 99.1 cm³/mol. The number of para-hydroxylation sites is 1. The van der Waals surface area contributed by atoms with E-state index >= 15 is 0 Å². The van der Waals surface area contributed by atoms with Crippen molar-refractivity contribution in [1.82, 2.24) is 14.8 Å². The van der Waals surface area contributed by atoms with Crippen molar-refractivity contribution in [1.29, 1.82) is 0 Å². The van der Waals surface area contributed by atoms with Gasteiger partial charge >= 0.3 is 0 Å².